The fourth-order valence-corrected chi connectivity index (χ4v) is 4.65. The van der Waals surface area contributed by atoms with Gasteiger partial charge in [0.2, 0.25) is 0 Å². The smallest absolute Gasteiger partial charge is 0.349 e. The molecule has 3 heterocycles. The van der Waals surface area contributed by atoms with Crippen LogP contribution in [-0.4, -0.2) is 28.9 Å². The summed E-state index contributed by atoms with van der Waals surface area (Å²) in [7, 11) is 0. The number of hydrogen-bond acceptors (Lipinski definition) is 4. The van der Waals surface area contributed by atoms with Crippen LogP contribution in [0.3, 0.4) is 0 Å². The number of carbonyl (C=O) groups excluding carboxylic acids is 1. The molecule has 3 atom stereocenters. The van der Waals surface area contributed by atoms with Crippen molar-refractivity contribution in [1.29, 1.82) is 0 Å². The molecule has 150 valence electrons. The van der Waals surface area contributed by atoms with Crippen LogP contribution in [0, 0.1) is 6.92 Å². The Balaban J connectivity index is 0.00000225. The molecule has 2 saturated heterocycles. The number of benzene rings is 1. The van der Waals surface area contributed by atoms with Crippen LogP contribution in [0.2, 0.25) is 0 Å². The zero-order chi connectivity index (χ0) is 19.0. The summed E-state index contributed by atoms with van der Waals surface area (Å²) in [6.45, 7) is 1.82. The van der Waals surface area contributed by atoms with E-state index in [9.17, 15) is 9.59 Å². The maximum atomic E-state index is 13.0. The number of nitrogens with two attached hydrogens (primary N) is 1. The summed E-state index contributed by atoms with van der Waals surface area (Å²) < 4.78 is 5.49. The number of fused-ring (bicyclic) bond motifs is 2. The van der Waals surface area contributed by atoms with Crippen LogP contribution in [0.4, 0.5) is 0 Å². The summed E-state index contributed by atoms with van der Waals surface area (Å²) in [6, 6.07) is 12.3. The lowest BCUT2D eigenvalue weighted by molar-refractivity contribution is 0.0720. The quantitative estimate of drug-likeness (QED) is 0.832. The van der Waals surface area contributed by atoms with E-state index in [0.717, 1.165) is 32.1 Å². The molecular weight excluding hydrogens is 376 g/mol. The van der Waals surface area contributed by atoms with Crippen molar-refractivity contribution < 1.29 is 9.21 Å². The summed E-state index contributed by atoms with van der Waals surface area (Å²) in [4.78, 5) is 27.4. The number of carbonyl (C=O) groups is 1. The zero-order valence-electron chi connectivity index (χ0n) is 16.1. The van der Waals surface area contributed by atoms with Crippen LogP contribution in [-0.2, 0) is 12.8 Å². The van der Waals surface area contributed by atoms with E-state index in [4.69, 9.17) is 10.2 Å². The molecule has 0 unspecified atom stereocenters. The van der Waals surface area contributed by atoms with Gasteiger partial charge < -0.3 is 15.1 Å². The topological polar surface area (TPSA) is 76.5 Å². The Bertz CT molecular complexity index is 896. The van der Waals surface area contributed by atoms with Crippen LogP contribution in [0.25, 0.3) is 0 Å². The maximum Gasteiger partial charge on any atom is 0.349 e. The number of rotatable bonds is 5. The third-order valence-corrected chi connectivity index (χ3v) is 5.96. The number of nitrogens with zero attached hydrogens (tertiary/aromatic N) is 1. The molecule has 2 aliphatic rings. The molecule has 2 fully saturated rings. The molecule has 0 saturated carbocycles. The van der Waals surface area contributed by atoms with Crippen LogP contribution < -0.4 is 11.4 Å². The molecule has 2 aliphatic heterocycles. The van der Waals surface area contributed by atoms with Gasteiger partial charge in [-0.1, -0.05) is 30.3 Å². The molecule has 4 rings (SSSR count). The second-order valence-corrected chi connectivity index (χ2v) is 7.81. The van der Waals surface area contributed by atoms with Crippen molar-refractivity contribution in [3.05, 3.63) is 69.3 Å². The third kappa shape index (κ3) is 3.87. The number of amides is 1. The predicted octanol–water partition coefficient (Wildman–Crippen LogP) is 3.25. The van der Waals surface area contributed by atoms with Gasteiger partial charge in [-0.05, 0) is 56.2 Å². The summed E-state index contributed by atoms with van der Waals surface area (Å²) in [5.74, 6) is 0.434. The number of halogens is 1. The van der Waals surface area contributed by atoms with Crippen molar-refractivity contribution in [2.24, 2.45) is 5.73 Å². The Kier molecular flexibility index (Phi) is 6.26. The van der Waals surface area contributed by atoms with Gasteiger partial charge in [0.05, 0.1) is 0 Å². The summed E-state index contributed by atoms with van der Waals surface area (Å²) in [5, 5.41) is 0. The van der Waals surface area contributed by atoms with E-state index in [2.05, 4.69) is 12.1 Å². The average molecular weight is 403 g/mol. The van der Waals surface area contributed by atoms with Gasteiger partial charge in [0.25, 0.3) is 5.91 Å². The van der Waals surface area contributed by atoms with Crippen LogP contribution >= 0.6 is 12.4 Å². The van der Waals surface area contributed by atoms with E-state index in [1.165, 1.54) is 5.56 Å². The van der Waals surface area contributed by atoms with Crippen molar-refractivity contribution in [2.45, 2.75) is 63.6 Å². The lowest BCUT2D eigenvalue weighted by Crippen LogP contribution is -2.42. The fraction of sp³-hybridized carbons (Fsp3) is 0.455. The third-order valence-electron chi connectivity index (χ3n) is 5.96. The molecular formula is C22H27ClN2O3. The van der Waals surface area contributed by atoms with E-state index in [-0.39, 0.29) is 42.0 Å². The minimum atomic E-state index is -0.519. The highest BCUT2D eigenvalue weighted by molar-refractivity contribution is 5.96. The van der Waals surface area contributed by atoms with Crippen LogP contribution in [0.5, 0.6) is 0 Å². The van der Waals surface area contributed by atoms with Gasteiger partial charge in [-0.3, -0.25) is 4.79 Å². The van der Waals surface area contributed by atoms with Crippen LogP contribution in [0.1, 0.15) is 52.9 Å². The molecule has 1 aromatic carbocycles. The number of aryl methyl sites for hydroxylation is 3. The van der Waals surface area contributed by atoms with E-state index in [0.29, 0.717) is 17.7 Å². The highest BCUT2D eigenvalue weighted by atomic mass is 35.5. The molecule has 0 radical (unpaired) electrons. The Hall–Kier alpha value is -2.11. The minimum absolute atomic E-state index is 0. The van der Waals surface area contributed by atoms with Gasteiger partial charge in [0.1, 0.15) is 11.3 Å². The first-order valence-electron chi connectivity index (χ1n) is 9.80. The number of hydrogen-bond donors (Lipinski definition) is 1. The van der Waals surface area contributed by atoms with Crippen molar-refractivity contribution in [3.8, 4) is 0 Å². The highest BCUT2D eigenvalue weighted by Crippen LogP contribution is 2.37. The maximum absolute atomic E-state index is 13.0. The van der Waals surface area contributed by atoms with E-state index in [1.807, 2.05) is 36.1 Å². The molecule has 2 aromatic rings. The average Bonchev–Trinajstić information content (AvgIpc) is 3.19. The Morgan fingerprint density at radius 1 is 1.21 bits per heavy atom. The van der Waals surface area contributed by atoms with Gasteiger partial charge in [0, 0.05) is 24.5 Å². The van der Waals surface area contributed by atoms with Crippen molar-refractivity contribution in [1.82, 2.24) is 4.90 Å². The molecule has 5 nitrogen and oxygen atoms in total. The highest BCUT2D eigenvalue weighted by Gasteiger charge is 2.47. The Labute approximate surface area is 171 Å². The van der Waals surface area contributed by atoms with Crippen LogP contribution in [0.15, 0.2) is 45.6 Å². The fourth-order valence-electron chi connectivity index (χ4n) is 4.65. The molecule has 0 spiro atoms. The molecule has 2 N–H and O–H groups in total. The first-order chi connectivity index (χ1) is 13.0. The van der Waals surface area contributed by atoms with Gasteiger partial charge in [0.15, 0.2) is 0 Å². The normalized spacial score (nSPS) is 22.9. The van der Waals surface area contributed by atoms with Gasteiger partial charge in [-0.15, -0.1) is 12.4 Å². The van der Waals surface area contributed by atoms with Gasteiger partial charge >= 0.3 is 5.63 Å². The van der Waals surface area contributed by atoms with Crippen molar-refractivity contribution >= 4 is 18.3 Å². The first kappa shape index (κ1) is 20.6. The summed E-state index contributed by atoms with van der Waals surface area (Å²) in [6.07, 6.45) is 5.24. The van der Waals surface area contributed by atoms with E-state index >= 15 is 0 Å². The Morgan fingerprint density at radius 3 is 2.57 bits per heavy atom. The summed E-state index contributed by atoms with van der Waals surface area (Å²) >= 11 is 0. The molecule has 0 aliphatic carbocycles. The lowest BCUT2D eigenvalue weighted by atomic mass is 9.96. The van der Waals surface area contributed by atoms with E-state index < -0.39 is 5.63 Å². The molecule has 1 aromatic heterocycles. The molecule has 1 amide bonds. The monoisotopic (exact) mass is 402 g/mol. The predicted molar refractivity (Wildman–Crippen MR) is 111 cm³/mol. The summed E-state index contributed by atoms with van der Waals surface area (Å²) in [5.41, 5.74) is 7.76. The minimum Gasteiger partial charge on any atom is -0.427 e. The molecule has 2 bridgehead atoms. The second kappa shape index (κ2) is 8.50. The SMILES string of the molecule is Cc1cc(CCCc2ccccc2)oc(=O)c1C(=O)N1[C@@H]2CC[C@H]1[C@@H](N)C2.Cl. The largest absolute Gasteiger partial charge is 0.427 e. The van der Waals surface area contributed by atoms with Gasteiger partial charge in [-0.25, -0.2) is 4.79 Å². The molecule has 6 heteroatoms. The van der Waals surface area contributed by atoms with Crippen molar-refractivity contribution in [3.63, 3.8) is 0 Å². The Morgan fingerprint density at radius 2 is 1.96 bits per heavy atom. The zero-order valence-corrected chi connectivity index (χ0v) is 16.9. The second-order valence-electron chi connectivity index (χ2n) is 7.81. The molecule has 28 heavy (non-hydrogen) atoms. The lowest BCUT2D eigenvalue weighted by Gasteiger charge is -2.23. The van der Waals surface area contributed by atoms with Gasteiger partial charge in [-0.2, -0.15) is 0 Å². The van der Waals surface area contributed by atoms with E-state index in [1.54, 1.807) is 0 Å². The standard InChI is InChI=1S/C22H26N2O3.ClH/c1-14-12-17(9-5-8-15-6-3-2-4-7-15)27-22(26)20(14)21(25)24-16-10-11-19(24)18(23)13-16;/h2-4,6-7,12,16,18-19H,5,8-11,13,23H2,1H3;1H/t16-,18+,19+;/m1./s1. The van der Waals surface area contributed by atoms with Crippen molar-refractivity contribution in [2.75, 3.05) is 0 Å². The first-order valence-corrected chi connectivity index (χ1v) is 9.80.